The predicted molar refractivity (Wildman–Crippen MR) is 67.8 cm³/mol. The van der Waals surface area contributed by atoms with E-state index in [1.54, 1.807) is 0 Å². The fourth-order valence-electron chi connectivity index (χ4n) is 1.78. The van der Waals surface area contributed by atoms with Gasteiger partial charge in [-0.25, -0.2) is 0 Å². The van der Waals surface area contributed by atoms with Crippen molar-refractivity contribution in [3.05, 3.63) is 24.0 Å². The van der Waals surface area contributed by atoms with Crippen LogP contribution in [0.15, 0.2) is 18.5 Å². The van der Waals surface area contributed by atoms with Crippen LogP contribution in [0.5, 0.6) is 0 Å². The summed E-state index contributed by atoms with van der Waals surface area (Å²) >= 11 is 0. The number of aromatic nitrogens is 1. The third-order valence-electron chi connectivity index (χ3n) is 2.73. The zero-order valence-corrected chi connectivity index (χ0v) is 10.8. The molecular formula is C13H22N2O2. The number of aliphatic carboxylic acids is 1. The number of hydrogen-bond donors (Lipinski definition) is 2. The van der Waals surface area contributed by atoms with Gasteiger partial charge in [-0.3, -0.25) is 4.79 Å². The largest absolute Gasteiger partial charge is 0.480 e. The van der Waals surface area contributed by atoms with Gasteiger partial charge in [0.2, 0.25) is 0 Å². The standard InChI is InChI=1S/C13H22N2O2/c1-4-15-6-5-11(9-15)8-14-12(13(16)17)7-10(2)3/h5-6,9-10,12,14H,4,7-8H2,1-3H3,(H,16,17). The Morgan fingerprint density at radius 2 is 2.24 bits per heavy atom. The van der Waals surface area contributed by atoms with Crippen LogP contribution in [0.2, 0.25) is 0 Å². The topological polar surface area (TPSA) is 54.3 Å². The molecule has 1 heterocycles. The summed E-state index contributed by atoms with van der Waals surface area (Å²) in [5.41, 5.74) is 1.13. The van der Waals surface area contributed by atoms with E-state index in [-0.39, 0.29) is 0 Å². The molecular weight excluding hydrogens is 216 g/mol. The molecule has 0 radical (unpaired) electrons. The van der Waals surface area contributed by atoms with E-state index in [2.05, 4.69) is 16.8 Å². The van der Waals surface area contributed by atoms with E-state index in [1.807, 2.05) is 32.3 Å². The van der Waals surface area contributed by atoms with Gasteiger partial charge in [-0.2, -0.15) is 0 Å². The smallest absolute Gasteiger partial charge is 0.320 e. The highest BCUT2D eigenvalue weighted by molar-refractivity contribution is 5.73. The van der Waals surface area contributed by atoms with E-state index < -0.39 is 12.0 Å². The lowest BCUT2D eigenvalue weighted by Crippen LogP contribution is -2.37. The SMILES string of the molecule is CCn1ccc(CNC(CC(C)C)C(=O)O)c1. The predicted octanol–water partition coefficient (Wildman–Crippen LogP) is 2.10. The number of carbonyl (C=O) groups is 1. The van der Waals surface area contributed by atoms with Crippen LogP contribution in [0, 0.1) is 5.92 Å². The van der Waals surface area contributed by atoms with Crippen LogP contribution in [-0.4, -0.2) is 21.7 Å². The molecule has 0 aliphatic heterocycles. The molecule has 0 amide bonds. The minimum Gasteiger partial charge on any atom is -0.480 e. The second-order valence-corrected chi connectivity index (χ2v) is 4.75. The molecule has 2 N–H and O–H groups in total. The molecule has 0 aliphatic rings. The van der Waals surface area contributed by atoms with Crippen molar-refractivity contribution in [2.75, 3.05) is 0 Å². The summed E-state index contributed by atoms with van der Waals surface area (Å²) in [4.78, 5) is 11.0. The monoisotopic (exact) mass is 238 g/mol. The second-order valence-electron chi connectivity index (χ2n) is 4.75. The molecule has 4 nitrogen and oxygen atoms in total. The fourth-order valence-corrected chi connectivity index (χ4v) is 1.78. The van der Waals surface area contributed by atoms with E-state index in [0.717, 1.165) is 12.1 Å². The van der Waals surface area contributed by atoms with Crippen molar-refractivity contribution in [1.29, 1.82) is 0 Å². The molecule has 1 atom stereocenters. The zero-order chi connectivity index (χ0) is 12.8. The Hall–Kier alpha value is -1.29. The first kappa shape index (κ1) is 13.8. The molecule has 0 spiro atoms. The lowest BCUT2D eigenvalue weighted by atomic mass is 10.0. The van der Waals surface area contributed by atoms with E-state index in [4.69, 9.17) is 5.11 Å². The second kappa shape index (κ2) is 6.45. The van der Waals surface area contributed by atoms with Crippen LogP contribution in [0.25, 0.3) is 0 Å². The van der Waals surface area contributed by atoms with Gasteiger partial charge in [0, 0.05) is 25.5 Å². The lowest BCUT2D eigenvalue weighted by molar-refractivity contribution is -0.140. The molecule has 4 heteroatoms. The first-order valence-corrected chi connectivity index (χ1v) is 6.13. The third-order valence-corrected chi connectivity index (χ3v) is 2.73. The Bertz CT molecular complexity index is 358. The average molecular weight is 238 g/mol. The third kappa shape index (κ3) is 4.61. The van der Waals surface area contributed by atoms with E-state index in [0.29, 0.717) is 18.9 Å². The molecule has 96 valence electrons. The van der Waals surface area contributed by atoms with Crippen LogP contribution in [0.1, 0.15) is 32.8 Å². The summed E-state index contributed by atoms with van der Waals surface area (Å²) in [6.07, 6.45) is 4.71. The Morgan fingerprint density at radius 3 is 2.71 bits per heavy atom. The van der Waals surface area contributed by atoms with Crippen molar-refractivity contribution in [2.24, 2.45) is 5.92 Å². The number of aryl methyl sites for hydroxylation is 1. The van der Waals surface area contributed by atoms with Crippen LogP contribution in [0.4, 0.5) is 0 Å². The molecule has 0 aliphatic carbocycles. The summed E-state index contributed by atoms with van der Waals surface area (Å²) in [7, 11) is 0. The summed E-state index contributed by atoms with van der Waals surface area (Å²) in [5, 5.41) is 12.2. The van der Waals surface area contributed by atoms with Gasteiger partial charge >= 0.3 is 5.97 Å². The van der Waals surface area contributed by atoms with Crippen molar-refractivity contribution < 1.29 is 9.90 Å². The van der Waals surface area contributed by atoms with E-state index in [9.17, 15) is 4.79 Å². The van der Waals surface area contributed by atoms with Crippen LogP contribution >= 0.6 is 0 Å². The fraction of sp³-hybridized carbons (Fsp3) is 0.615. The highest BCUT2D eigenvalue weighted by Gasteiger charge is 2.17. The minimum absolute atomic E-state index is 0.379. The first-order valence-electron chi connectivity index (χ1n) is 6.13. The van der Waals surface area contributed by atoms with Gasteiger partial charge in [-0.05, 0) is 30.9 Å². The molecule has 1 aromatic heterocycles. The maximum atomic E-state index is 11.0. The number of hydrogen-bond acceptors (Lipinski definition) is 2. The molecule has 1 unspecified atom stereocenters. The first-order chi connectivity index (χ1) is 8.02. The highest BCUT2D eigenvalue weighted by atomic mass is 16.4. The lowest BCUT2D eigenvalue weighted by Gasteiger charge is -2.15. The van der Waals surface area contributed by atoms with Crippen molar-refractivity contribution >= 4 is 5.97 Å². The van der Waals surface area contributed by atoms with Crippen molar-refractivity contribution in [3.63, 3.8) is 0 Å². The van der Waals surface area contributed by atoms with Gasteiger partial charge < -0.3 is 15.0 Å². The van der Waals surface area contributed by atoms with Gasteiger partial charge in [0.15, 0.2) is 0 Å². The molecule has 0 bridgehead atoms. The summed E-state index contributed by atoms with van der Waals surface area (Å²) in [5.74, 6) is -0.391. The van der Waals surface area contributed by atoms with Crippen LogP contribution < -0.4 is 5.32 Å². The van der Waals surface area contributed by atoms with Gasteiger partial charge in [0.1, 0.15) is 6.04 Å². The number of rotatable bonds is 7. The van der Waals surface area contributed by atoms with Crippen molar-refractivity contribution in [1.82, 2.24) is 9.88 Å². The number of carboxylic acid groups (broad SMARTS) is 1. The molecule has 0 aromatic carbocycles. The van der Waals surface area contributed by atoms with Gasteiger partial charge in [0.25, 0.3) is 0 Å². The van der Waals surface area contributed by atoms with Crippen LogP contribution in [-0.2, 0) is 17.9 Å². The molecule has 1 aromatic rings. The molecule has 17 heavy (non-hydrogen) atoms. The molecule has 0 saturated heterocycles. The van der Waals surface area contributed by atoms with Crippen molar-refractivity contribution in [3.8, 4) is 0 Å². The van der Waals surface area contributed by atoms with Gasteiger partial charge in [0.05, 0.1) is 0 Å². The Morgan fingerprint density at radius 1 is 1.53 bits per heavy atom. The van der Waals surface area contributed by atoms with E-state index in [1.165, 1.54) is 0 Å². The number of nitrogens with one attached hydrogen (secondary N) is 1. The highest BCUT2D eigenvalue weighted by Crippen LogP contribution is 2.07. The number of nitrogens with zero attached hydrogens (tertiary/aromatic N) is 1. The molecule has 0 fully saturated rings. The maximum Gasteiger partial charge on any atom is 0.320 e. The minimum atomic E-state index is -0.770. The summed E-state index contributed by atoms with van der Waals surface area (Å²) < 4.78 is 2.08. The summed E-state index contributed by atoms with van der Waals surface area (Å²) in [6.45, 7) is 7.69. The quantitative estimate of drug-likeness (QED) is 0.765. The summed E-state index contributed by atoms with van der Waals surface area (Å²) in [6, 6.07) is 1.56. The zero-order valence-electron chi connectivity index (χ0n) is 10.8. The number of carboxylic acids is 1. The Balaban J connectivity index is 2.48. The molecule has 1 rings (SSSR count). The Kier molecular flexibility index (Phi) is 5.22. The van der Waals surface area contributed by atoms with Crippen LogP contribution in [0.3, 0.4) is 0 Å². The van der Waals surface area contributed by atoms with Gasteiger partial charge in [-0.15, -0.1) is 0 Å². The maximum absolute atomic E-state index is 11.0. The average Bonchev–Trinajstić information content (AvgIpc) is 2.71. The van der Waals surface area contributed by atoms with Gasteiger partial charge in [-0.1, -0.05) is 13.8 Å². The Labute approximate surface area is 103 Å². The van der Waals surface area contributed by atoms with E-state index >= 15 is 0 Å². The normalized spacial score (nSPS) is 12.9. The van der Waals surface area contributed by atoms with Crippen molar-refractivity contribution in [2.45, 2.75) is 46.3 Å². The molecule has 0 saturated carbocycles.